The van der Waals surface area contributed by atoms with Gasteiger partial charge in [0.05, 0.1) is 6.20 Å². The van der Waals surface area contributed by atoms with Gasteiger partial charge in [0.25, 0.3) is 0 Å². The first kappa shape index (κ1) is 11.0. The highest BCUT2D eigenvalue weighted by molar-refractivity contribution is 5.82. The highest BCUT2D eigenvalue weighted by Crippen LogP contribution is 2.37. The summed E-state index contributed by atoms with van der Waals surface area (Å²) in [4.78, 5) is 12.0. The van der Waals surface area contributed by atoms with Crippen LogP contribution in [0.15, 0.2) is 6.20 Å². The van der Waals surface area contributed by atoms with Crippen LogP contribution in [0.3, 0.4) is 0 Å². The van der Waals surface area contributed by atoms with Crippen LogP contribution in [0.5, 0.6) is 0 Å². The van der Waals surface area contributed by atoms with Crippen molar-refractivity contribution in [1.29, 1.82) is 0 Å². The Hall–Kier alpha value is -1.52. The minimum Gasteiger partial charge on any atom is -0.384 e. The lowest BCUT2D eigenvalue weighted by Crippen LogP contribution is -2.36. The highest BCUT2D eigenvalue weighted by Gasteiger charge is 2.35. The van der Waals surface area contributed by atoms with Crippen molar-refractivity contribution < 1.29 is 4.79 Å². The summed E-state index contributed by atoms with van der Waals surface area (Å²) in [5.74, 6) is 0.655. The fraction of sp³-hybridized carbons (Fsp3) is 0.636. The largest absolute Gasteiger partial charge is 0.384 e. The molecule has 5 heteroatoms. The van der Waals surface area contributed by atoms with Crippen molar-refractivity contribution in [2.75, 3.05) is 5.73 Å². The number of H-pyrrole nitrogens is 1. The molecule has 0 spiro atoms. The van der Waals surface area contributed by atoms with E-state index in [0.717, 1.165) is 31.2 Å². The predicted molar refractivity (Wildman–Crippen MR) is 61.4 cm³/mol. The molecule has 0 saturated heterocycles. The van der Waals surface area contributed by atoms with Crippen LogP contribution in [0.2, 0.25) is 0 Å². The van der Waals surface area contributed by atoms with Gasteiger partial charge in [0.15, 0.2) is 0 Å². The van der Waals surface area contributed by atoms with Crippen LogP contribution < -0.4 is 11.1 Å². The Kier molecular flexibility index (Phi) is 2.85. The highest BCUT2D eigenvalue weighted by atomic mass is 16.2. The van der Waals surface area contributed by atoms with Crippen LogP contribution in [-0.2, 0) is 11.3 Å². The van der Waals surface area contributed by atoms with E-state index in [2.05, 4.69) is 15.5 Å². The molecule has 1 fully saturated rings. The Morgan fingerprint density at radius 3 is 2.88 bits per heavy atom. The number of nitrogens with zero attached hydrogens (tertiary/aromatic N) is 1. The predicted octanol–water partition coefficient (Wildman–Crippen LogP) is 1.19. The van der Waals surface area contributed by atoms with Gasteiger partial charge < -0.3 is 11.1 Å². The van der Waals surface area contributed by atoms with Gasteiger partial charge >= 0.3 is 0 Å². The number of aromatic nitrogens is 2. The number of rotatable bonds is 3. The van der Waals surface area contributed by atoms with Crippen LogP contribution in [0.1, 0.15) is 38.2 Å². The number of nitrogens with one attached hydrogen (secondary N) is 2. The van der Waals surface area contributed by atoms with Gasteiger partial charge in [-0.05, 0) is 12.8 Å². The van der Waals surface area contributed by atoms with Crippen molar-refractivity contribution in [3.05, 3.63) is 11.8 Å². The Bertz CT molecular complexity index is 379. The van der Waals surface area contributed by atoms with Crippen molar-refractivity contribution in [2.24, 2.45) is 5.41 Å². The summed E-state index contributed by atoms with van der Waals surface area (Å²) in [5, 5.41) is 9.39. The first-order valence-electron chi connectivity index (χ1n) is 5.68. The average Bonchev–Trinajstić information content (AvgIpc) is 2.85. The third-order valence-electron chi connectivity index (χ3n) is 3.45. The number of hydrogen-bond acceptors (Lipinski definition) is 3. The van der Waals surface area contributed by atoms with Crippen LogP contribution in [0, 0.1) is 5.41 Å². The molecule has 0 bridgehead atoms. The summed E-state index contributed by atoms with van der Waals surface area (Å²) in [6.45, 7) is 2.49. The molecule has 1 aliphatic rings. The van der Waals surface area contributed by atoms with Crippen molar-refractivity contribution >= 4 is 11.7 Å². The maximum absolute atomic E-state index is 12.0. The average molecular weight is 222 g/mol. The Morgan fingerprint density at radius 2 is 2.31 bits per heavy atom. The second kappa shape index (κ2) is 4.15. The van der Waals surface area contributed by atoms with Crippen LogP contribution >= 0.6 is 0 Å². The van der Waals surface area contributed by atoms with Gasteiger partial charge in [-0.3, -0.25) is 9.89 Å². The van der Waals surface area contributed by atoms with E-state index in [1.54, 1.807) is 6.20 Å². The number of hydrogen-bond donors (Lipinski definition) is 3. The third-order valence-corrected chi connectivity index (χ3v) is 3.45. The molecular formula is C11H18N4O. The minimum absolute atomic E-state index is 0.130. The van der Waals surface area contributed by atoms with E-state index in [-0.39, 0.29) is 11.3 Å². The molecule has 1 aromatic heterocycles. The Balaban J connectivity index is 1.91. The summed E-state index contributed by atoms with van der Waals surface area (Å²) < 4.78 is 0. The van der Waals surface area contributed by atoms with E-state index in [1.165, 1.54) is 0 Å². The molecule has 2 rings (SSSR count). The number of amides is 1. The number of carbonyl (C=O) groups excluding carboxylic acids is 1. The summed E-state index contributed by atoms with van der Waals surface area (Å²) in [7, 11) is 0. The molecule has 88 valence electrons. The van der Waals surface area contributed by atoms with Crippen LogP contribution in [-0.4, -0.2) is 16.1 Å². The van der Waals surface area contributed by atoms with Crippen LogP contribution in [0.25, 0.3) is 0 Å². The van der Waals surface area contributed by atoms with E-state index in [4.69, 9.17) is 5.73 Å². The maximum atomic E-state index is 12.0. The number of nitrogen functional groups attached to an aromatic ring is 1. The van der Waals surface area contributed by atoms with Gasteiger partial charge in [0.2, 0.25) is 5.91 Å². The normalized spacial score (nSPS) is 18.6. The second-order valence-electron chi connectivity index (χ2n) is 4.76. The SMILES string of the molecule is CC1(C(=O)NCc2cn[nH]c2N)CCCC1. The molecule has 0 aliphatic heterocycles. The maximum Gasteiger partial charge on any atom is 0.226 e. The Labute approximate surface area is 94.8 Å². The van der Waals surface area contributed by atoms with E-state index in [9.17, 15) is 4.79 Å². The summed E-state index contributed by atoms with van der Waals surface area (Å²) >= 11 is 0. The third kappa shape index (κ3) is 2.03. The molecule has 4 N–H and O–H groups in total. The molecule has 1 aliphatic carbocycles. The summed E-state index contributed by atoms with van der Waals surface area (Å²) in [6.07, 6.45) is 5.92. The number of nitrogens with two attached hydrogens (primary N) is 1. The molecule has 0 radical (unpaired) electrons. The molecule has 1 aromatic rings. The number of aromatic amines is 1. The van der Waals surface area contributed by atoms with E-state index in [1.807, 2.05) is 6.92 Å². The molecule has 0 atom stereocenters. The first-order valence-corrected chi connectivity index (χ1v) is 5.68. The van der Waals surface area contributed by atoms with Crippen molar-refractivity contribution in [3.63, 3.8) is 0 Å². The smallest absolute Gasteiger partial charge is 0.226 e. The standard InChI is InChI=1S/C11H18N4O/c1-11(4-2-3-5-11)10(16)13-6-8-7-14-15-9(8)12/h7H,2-6H2,1H3,(H,13,16)(H3,12,14,15). The van der Waals surface area contributed by atoms with E-state index in [0.29, 0.717) is 12.4 Å². The fourth-order valence-corrected chi connectivity index (χ4v) is 2.23. The van der Waals surface area contributed by atoms with Crippen molar-refractivity contribution in [2.45, 2.75) is 39.2 Å². The topological polar surface area (TPSA) is 83.8 Å². The van der Waals surface area contributed by atoms with Gasteiger partial charge in [-0.2, -0.15) is 5.10 Å². The van der Waals surface area contributed by atoms with Crippen molar-refractivity contribution in [3.8, 4) is 0 Å². The molecule has 1 saturated carbocycles. The Morgan fingerprint density at radius 1 is 1.62 bits per heavy atom. The number of carbonyl (C=O) groups is 1. The fourth-order valence-electron chi connectivity index (χ4n) is 2.23. The quantitative estimate of drug-likeness (QED) is 0.718. The van der Waals surface area contributed by atoms with Gasteiger partial charge in [0.1, 0.15) is 5.82 Å². The van der Waals surface area contributed by atoms with Crippen LogP contribution in [0.4, 0.5) is 5.82 Å². The van der Waals surface area contributed by atoms with Gasteiger partial charge in [-0.25, -0.2) is 0 Å². The molecule has 1 amide bonds. The monoisotopic (exact) mass is 222 g/mol. The zero-order chi connectivity index (χ0) is 11.6. The van der Waals surface area contributed by atoms with Crippen molar-refractivity contribution in [1.82, 2.24) is 15.5 Å². The lowest BCUT2D eigenvalue weighted by atomic mass is 9.88. The lowest BCUT2D eigenvalue weighted by molar-refractivity contribution is -0.130. The molecular weight excluding hydrogens is 204 g/mol. The first-order chi connectivity index (χ1) is 7.62. The second-order valence-corrected chi connectivity index (χ2v) is 4.76. The zero-order valence-corrected chi connectivity index (χ0v) is 9.55. The molecule has 0 aromatic carbocycles. The molecule has 5 nitrogen and oxygen atoms in total. The van der Waals surface area contributed by atoms with Gasteiger partial charge in [-0.15, -0.1) is 0 Å². The summed E-state index contributed by atoms with van der Waals surface area (Å²) in [5.41, 5.74) is 6.30. The molecule has 1 heterocycles. The zero-order valence-electron chi connectivity index (χ0n) is 9.55. The lowest BCUT2D eigenvalue weighted by Gasteiger charge is -2.22. The van der Waals surface area contributed by atoms with Gasteiger partial charge in [0, 0.05) is 17.5 Å². The van der Waals surface area contributed by atoms with E-state index >= 15 is 0 Å². The number of anilines is 1. The molecule has 16 heavy (non-hydrogen) atoms. The minimum atomic E-state index is -0.182. The van der Waals surface area contributed by atoms with E-state index < -0.39 is 0 Å². The summed E-state index contributed by atoms with van der Waals surface area (Å²) in [6, 6.07) is 0. The molecule has 0 unspecified atom stereocenters. The van der Waals surface area contributed by atoms with Gasteiger partial charge in [-0.1, -0.05) is 19.8 Å².